The van der Waals surface area contributed by atoms with Gasteiger partial charge in [0.15, 0.2) is 5.96 Å². The second-order valence-corrected chi connectivity index (χ2v) is 5.10. The summed E-state index contributed by atoms with van der Waals surface area (Å²) in [6.45, 7) is 8.02. The van der Waals surface area contributed by atoms with Crippen molar-refractivity contribution in [2.75, 3.05) is 13.1 Å². The van der Waals surface area contributed by atoms with Crippen molar-refractivity contribution in [2.45, 2.75) is 40.2 Å². The van der Waals surface area contributed by atoms with Crippen LogP contribution in [-0.4, -0.2) is 24.0 Å². The van der Waals surface area contributed by atoms with Gasteiger partial charge in [0.1, 0.15) is 18.1 Å². The Morgan fingerprint density at radius 2 is 2.04 bits per heavy atom. The maximum absolute atomic E-state index is 5.54. The van der Waals surface area contributed by atoms with E-state index >= 15 is 0 Å². The van der Waals surface area contributed by atoms with Crippen molar-refractivity contribution >= 4 is 29.9 Å². The van der Waals surface area contributed by atoms with Gasteiger partial charge >= 0.3 is 0 Å². The summed E-state index contributed by atoms with van der Waals surface area (Å²) in [5.74, 6) is 3.21. The van der Waals surface area contributed by atoms with Gasteiger partial charge in [0.25, 0.3) is 0 Å². The van der Waals surface area contributed by atoms with E-state index in [0.29, 0.717) is 12.4 Å². The molecule has 0 aliphatic carbocycles. The number of aryl methyl sites for hydroxylation is 2. The van der Waals surface area contributed by atoms with E-state index in [2.05, 4.69) is 27.5 Å². The number of nitrogens with zero attached hydrogens (tertiary/aromatic N) is 2. The maximum Gasteiger partial charge on any atom is 0.216 e. The molecule has 0 fully saturated rings. The number of aromatic nitrogens is 1. The highest BCUT2D eigenvalue weighted by atomic mass is 127. The highest BCUT2D eigenvalue weighted by Crippen LogP contribution is 2.08. The standard InChI is InChI=1S/C16H24N4O2.HI/c1-4-8-17-16(18-9-7-14-6-5-10-21-14)19-11-15-20-12(2)13(3)22-15;/h5-6,10H,4,7-9,11H2,1-3H3,(H2,17,18,19);1H. The minimum absolute atomic E-state index is 0. The second-order valence-electron chi connectivity index (χ2n) is 5.10. The fourth-order valence-electron chi connectivity index (χ4n) is 1.93. The Morgan fingerprint density at radius 3 is 2.65 bits per heavy atom. The number of halogens is 1. The van der Waals surface area contributed by atoms with Crippen molar-refractivity contribution in [1.82, 2.24) is 15.6 Å². The summed E-state index contributed by atoms with van der Waals surface area (Å²) in [4.78, 5) is 8.85. The molecule has 0 aliphatic rings. The molecule has 0 radical (unpaired) electrons. The Bertz CT molecular complexity index is 574. The number of furan rings is 1. The van der Waals surface area contributed by atoms with Crippen LogP contribution in [-0.2, 0) is 13.0 Å². The third-order valence-electron chi connectivity index (χ3n) is 3.23. The zero-order chi connectivity index (χ0) is 15.8. The van der Waals surface area contributed by atoms with Gasteiger partial charge < -0.3 is 19.5 Å². The molecule has 128 valence electrons. The Kier molecular flexibility index (Phi) is 8.75. The number of nitrogens with one attached hydrogen (secondary N) is 2. The molecule has 23 heavy (non-hydrogen) atoms. The fourth-order valence-corrected chi connectivity index (χ4v) is 1.93. The van der Waals surface area contributed by atoms with E-state index in [1.807, 2.05) is 26.0 Å². The highest BCUT2D eigenvalue weighted by Gasteiger charge is 2.05. The minimum Gasteiger partial charge on any atom is -0.469 e. The van der Waals surface area contributed by atoms with Crippen molar-refractivity contribution in [3.8, 4) is 0 Å². The lowest BCUT2D eigenvalue weighted by molar-refractivity contribution is 0.472. The highest BCUT2D eigenvalue weighted by molar-refractivity contribution is 14.0. The summed E-state index contributed by atoms with van der Waals surface area (Å²) in [6, 6.07) is 3.86. The molecule has 6 nitrogen and oxygen atoms in total. The van der Waals surface area contributed by atoms with Gasteiger partial charge in [0.05, 0.1) is 12.0 Å². The van der Waals surface area contributed by atoms with Crippen LogP contribution in [0.4, 0.5) is 0 Å². The number of hydrogen-bond acceptors (Lipinski definition) is 4. The first-order valence-corrected chi connectivity index (χ1v) is 7.66. The van der Waals surface area contributed by atoms with Crippen molar-refractivity contribution in [3.05, 3.63) is 41.5 Å². The molecule has 2 aromatic rings. The summed E-state index contributed by atoms with van der Waals surface area (Å²) >= 11 is 0. The van der Waals surface area contributed by atoms with Crippen LogP contribution < -0.4 is 10.6 Å². The van der Waals surface area contributed by atoms with E-state index in [9.17, 15) is 0 Å². The summed E-state index contributed by atoms with van der Waals surface area (Å²) in [7, 11) is 0. The van der Waals surface area contributed by atoms with Crippen LogP contribution in [0.25, 0.3) is 0 Å². The number of rotatable bonds is 7. The van der Waals surface area contributed by atoms with E-state index in [0.717, 1.165) is 49.1 Å². The molecule has 2 N–H and O–H groups in total. The average Bonchev–Trinajstić information content (AvgIpc) is 3.12. The third kappa shape index (κ3) is 6.64. The number of hydrogen-bond donors (Lipinski definition) is 2. The van der Waals surface area contributed by atoms with E-state index in [4.69, 9.17) is 8.83 Å². The molecule has 0 bridgehead atoms. The lowest BCUT2D eigenvalue weighted by Crippen LogP contribution is -2.38. The van der Waals surface area contributed by atoms with Crippen LogP contribution in [0.15, 0.2) is 32.2 Å². The van der Waals surface area contributed by atoms with Crippen LogP contribution in [0.1, 0.15) is 36.4 Å². The molecule has 7 heteroatoms. The SMILES string of the molecule is CCCNC(=NCc1nc(C)c(C)o1)NCCc1ccco1.I. The molecule has 0 spiro atoms. The Hall–Kier alpha value is -1.51. The summed E-state index contributed by atoms with van der Waals surface area (Å²) < 4.78 is 10.9. The van der Waals surface area contributed by atoms with Crippen LogP contribution >= 0.6 is 24.0 Å². The first kappa shape index (κ1) is 19.5. The Morgan fingerprint density at radius 1 is 1.26 bits per heavy atom. The molecule has 0 aliphatic heterocycles. The molecule has 0 aromatic carbocycles. The molecule has 0 saturated carbocycles. The van der Waals surface area contributed by atoms with E-state index < -0.39 is 0 Å². The van der Waals surface area contributed by atoms with Gasteiger partial charge in [-0.1, -0.05) is 6.92 Å². The normalized spacial score (nSPS) is 11.2. The average molecular weight is 432 g/mol. The van der Waals surface area contributed by atoms with E-state index in [1.54, 1.807) is 6.26 Å². The molecule has 0 atom stereocenters. The lowest BCUT2D eigenvalue weighted by atomic mass is 10.3. The topological polar surface area (TPSA) is 75.6 Å². The predicted octanol–water partition coefficient (Wildman–Crippen LogP) is 3.19. The molecular formula is C16H25IN4O2. The van der Waals surface area contributed by atoms with Crippen LogP contribution in [0.5, 0.6) is 0 Å². The van der Waals surface area contributed by atoms with Gasteiger partial charge in [-0.25, -0.2) is 9.98 Å². The smallest absolute Gasteiger partial charge is 0.216 e. The summed E-state index contributed by atoms with van der Waals surface area (Å²) in [5.41, 5.74) is 0.916. The fraction of sp³-hybridized carbons (Fsp3) is 0.500. The number of oxazole rings is 1. The first-order valence-electron chi connectivity index (χ1n) is 7.66. The van der Waals surface area contributed by atoms with E-state index in [1.165, 1.54) is 0 Å². The van der Waals surface area contributed by atoms with Gasteiger partial charge in [-0.05, 0) is 32.4 Å². The van der Waals surface area contributed by atoms with Crippen LogP contribution in [0.2, 0.25) is 0 Å². The Balaban J connectivity index is 0.00000264. The third-order valence-corrected chi connectivity index (χ3v) is 3.23. The van der Waals surface area contributed by atoms with Crippen molar-refractivity contribution in [3.63, 3.8) is 0 Å². The van der Waals surface area contributed by atoms with Gasteiger partial charge in [-0.15, -0.1) is 24.0 Å². The molecular weight excluding hydrogens is 407 g/mol. The predicted molar refractivity (Wildman–Crippen MR) is 101 cm³/mol. The minimum atomic E-state index is 0. The van der Waals surface area contributed by atoms with Crippen LogP contribution in [0.3, 0.4) is 0 Å². The summed E-state index contributed by atoms with van der Waals surface area (Å²) in [5, 5.41) is 6.57. The largest absolute Gasteiger partial charge is 0.469 e. The number of guanidine groups is 1. The lowest BCUT2D eigenvalue weighted by Gasteiger charge is -2.11. The molecule has 2 heterocycles. The van der Waals surface area contributed by atoms with Crippen molar-refractivity contribution < 1.29 is 8.83 Å². The van der Waals surface area contributed by atoms with Gasteiger partial charge in [-0.3, -0.25) is 0 Å². The summed E-state index contributed by atoms with van der Waals surface area (Å²) in [6.07, 6.45) is 3.54. The van der Waals surface area contributed by atoms with Gasteiger partial charge in [0, 0.05) is 19.5 Å². The zero-order valence-electron chi connectivity index (χ0n) is 13.9. The Labute approximate surface area is 154 Å². The van der Waals surface area contributed by atoms with Gasteiger partial charge in [-0.2, -0.15) is 0 Å². The van der Waals surface area contributed by atoms with Gasteiger partial charge in [0.2, 0.25) is 5.89 Å². The monoisotopic (exact) mass is 432 g/mol. The molecule has 2 aromatic heterocycles. The molecule has 2 rings (SSSR count). The molecule has 0 saturated heterocycles. The first-order chi connectivity index (χ1) is 10.7. The number of aliphatic imine (C=N–C) groups is 1. The van der Waals surface area contributed by atoms with Crippen molar-refractivity contribution in [2.24, 2.45) is 4.99 Å². The maximum atomic E-state index is 5.54. The second kappa shape index (κ2) is 10.3. The van der Waals surface area contributed by atoms with Crippen LogP contribution in [0, 0.1) is 13.8 Å². The molecule has 0 unspecified atom stereocenters. The quantitative estimate of drug-likeness (QED) is 0.399. The van der Waals surface area contributed by atoms with E-state index in [-0.39, 0.29) is 24.0 Å². The molecule has 0 amide bonds. The zero-order valence-corrected chi connectivity index (χ0v) is 16.2. The van der Waals surface area contributed by atoms with Crippen molar-refractivity contribution in [1.29, 1.82) is 0 Å².